The highest BCUT2D eigenvalue weighted by Crippen LogP contribution is 2.27. The van der Waals surface area contributed by atoms with Crippen molar-refractivity contribution in [2.75, 3.05) is 13.1 Å². The number of aryl methyl sites for hydroxylation is 2. The molecule has 3 heterocycles. The van der Waals surface area contributed by atoms with Crippen molar-refractivity contribution >= 4 is 0 Å². The third-order valence-corrected chi connectivity index (χ3v) is 5.38. The van der Waals surface area contributed by atoms with Gasteiger partial charge in [0.1, 0.15) is 17.7 Å². The molecule has 5 heteroatoms. The molecule has 0 radical (unpaired) electrons. The van der Waals surface area contributed by atoms with Gasteiger partial charge in [-0.25, -0.2) is 4.98 Å². The Labute approximate surface area is 150 Å². The van der Waals surface area contributed by atoms with Crippen LogP contribution < -0.4 is 0 Å². The van der Waals surface area contributed by atoms with Gasteiger partial charge in [0, 0.05) is 25.0 Å². The molecule has 1 aliphatic rings. The topological polar surface area (TPSA) is 54.4 Å². The van der Waals surface area contributed by atoms with Gasteiger partial charge in [-0.2, -0.15) is 0 Å². The lowest BCUT2D eigenvalue weighted by Gasteiger charge is -2.31. The zero-order valence-corrected chi connectivity index (χ0v) is 15.3. The fourth-order valence-electron chi connectivity index (χ4n) is 3.89. The molecule has 0 spiro atoms. The molecule has 1 saturated heterocycles. The summed E-state index contributed by atoms with van der Waals surface area (Å²) < 4.78 is 7.60. The predicted molar refractivity (Wildman–Crippen MR) is 98.3 cm³/mol. The molecule has 2 atom stereocenters. The molecule has 25 heavy (non-hydrogen) atoms. The molecule has 0 aromatic carbocycles. The van der Waals surface area contributed by atoms with Gasteiger partial charge in [0.2, 0.25) is 0 Å². The van der Waals surface area contributed by atoms with Gasteiger partial charge in [0.25, 0.3) is 0 Å². The fraction of sp³-hybridized carbons (Fsp3) is 0.650. The summed E-state index contributed by atoms with van der Waals surface area (Å²) in [6.45, 7) is 5.36. The summed E-state index contributed by atoms with van der Waals surface area (Å²) in [5.74, 6) is 1.79. The van der Waals surface area contributed by atoms with Crippen LogP contribution in [0, 0.1) is 6.92 Å². The summed E-state index contributed by atoms with van der Waals surface area (Å²) in [7, 11) is 0. The second kappa shape index (κ2) is 9.20. The summed E-state index contributed by atoms with van der Waals surface area (Å²) >= 11 is 0. The molecule has 0 saturated carbocycles. The second-order valence-electron chi connectivity index (χ2n) is 7.18. The van der Waals surface area contributed by atoms with Gasteiger partial charge in [-0.05, 0) is 64.3 Å². The largest absolute Gasteiger partial charge is 0.467 e. The van der Waals surface area contributed by atoms with Gasteiger partial charge >= 0.3 is 0 Å². The highest BCUT2D eigenvalue weighted by Gasteiger charge is 2.24. The summed E-state index contributed by atoms with van der Waals surface area (Å²) in [5, 5.41) is 10.5. The van der Waals surface area contributed by atoms with Crippen molar-refractivity contribution < 1.29 is 9.52 Å². The molecule has 0 amide bonds. The van der Waals surface area contributed by atoms with Crippen LogP contribution in [0.1, 0.15) is 62.6 Å². The van der Waals surface area contributed by atoms with Gasteiger partial charge < -0.3 is 19.0 Å². The third kappa shape index (κ3) is 5.19. The number of rotatable bonds is 8. The van der Waals surface area contributed by atoms with E-state index in [1.807, 2.05) is 18.3 Å². The lowest BCUT2D eigenvalue weighted by molar-refractivity contribution is 0.0853. The summed E-state index contributed by atoms with van der Waals surface area (Å²) in [6.07, 6.45) is 13.2. The van der Waals surface area contributed by atoms with Crippen LogP contribution in [0.2, 0.25) is 0 Å². The van der Waals surface area contributed by atoms with E-state index in [0.717, 1.165) is 31.9 Å². The zero-order chi connectivity index (χ0) is 17.5. The molecule has 1 aliphatic heterocycles. The molecule has 3 rings (SSSR count). The van der Waals surface area contributed by atoms with Crippen molar-refractivity contribution in [3.8, 4) is 0 Å². The Bertz CT molecular complexity index is 608. The fourth-order valence-corrected chi connectivity index (χ4v) is 3.89. The van der Waals surface area contributed by atoms with Gasteiger partial charge in [0.15, 0.2) is 0 Å². The van der Waals surface area contributed by atoms with Crippen LogP contribution in [0.3, 0.4) is 0 Å². The molecule has 1 N–H and O–H groups in total. The number of hydrogen-bond acceptors (Lipinski definition) is 4. The van der Waals surface area contributed by atoms with Crippen LogP contribution in [0.4, 0.5) is 0 Å². The Morgan fingerprint density at radius 1 is 1.28 bits per heavy atom. The van der Waals surface area contributed by atoms with Crippen molar-refractivity contribution in [3.63, 3.8) is 0 Å². The van der Waals surface area contributed by atoms with E-state index in [4.69, 9.17) is 4.42 Å². The molecule has 138 valence electrons. The summed E-state index contributed by atoms with van der Waals surface area (Å²) in [4.78, 5) is 6.88. The molecule has 0 bridgehead atoms. The smallest absolute Gasteiger partial charge is 0.132 e. The van der Waals surface area contributed by atoms with Crippen molar-refractivity contribution in [2.24, 2.45) is 0 Å². The van der Waals surface area contributed by atoms with Crippen LogP contribution in [-0.2, 0) is 6.54 Å². The Morgan fingerprint density at radius 2 is 2.16 bits per heavy atom. The number of aliphatic hydroxyl groups excluding tert-OH is 1. The minimum atomic E-state index is -0.491. The number of furan rings is 1. The maximum Gasteiger partial charge on any atom is 0.132 e. The zero-order valence-electron chi connectivity index (χ0n) is 15.3. The van der Waals surface area contributed by atoms with Crippen LogP contribution in [-0.4, -0.2) is 38.7 Å². The van der Waals surface area contributed by atoms with E-state index < -0.39 is 6.10 Å². The average Bonchev–Trinajstić information content (AvgIpc) is 3.23. The van der Waals surface area contributed by atoms with Crippen LogP contribution in [0.5, 0.6) is 0 Å². The second-order valence-corrected chi connectivity index (χ2v) is 7.18. The molecule has 1 fully saturated rings. The Balaban J connectivity index is 1.48. The molecule has 5 nitrogen and oxygen atoms in total. The monoisotopic (exact) mass is 345 g/mol. The molecular weight excluding hydrogens is 314 g/mol. The van der Waals surface area contributed by atoms with Crippen molar-refractivity contribution in [2.45, 2.75) is 70.6 Å². The lowest BCUT2D eigenvalue weighted by Crippen LogP contribution is -2.36. The number of likely N-dealkylation sites (tertiary alicyclic amines) is 1. The standard InChI is InChI=1S/C20H31N3O2/c1-17-21-10-14-22(17)11-5-6-13-23-12-4-2-3-8-18(23)16-19(24)20-9-7-15-25-20/h7,9-10,14-15,18-19,24H,2-6,8,11-13,16H2,1H3. The molecule has 2 aromatic heterocycles. The molecule has 2 aromatic rings. The third-order valence-electron chi connectivity index (χ3n) is 5.38. The number of aliphatic hydroxyl groups is 1. The first-order valence-electron chi connectivity index (χ1n) is 9.67. The van der Waals surface area contributed by atoms with Gasteiger partial charge in [-0.1, -0.05) is 12.8 Å². The lowest BCUT2D eigenvalue weighted by atomic mass is 10.0. The summed E-state index contributed by atoms with van der Waals surface area (Å²) in [6, 6.07) is 4.18. The van der Waals surface area contributed by atoms with Crippen LogP contribution in [0.25, 0.3) is 0 Å². The van der Waals surface area contributed by atoms with Gasteiger partial charge in [-0.15, -0.1) is 0 Å². The van der Waals surface area contributed by atoms with E-state index in [-0.39, 0.29) is 0 Å². The number of hydrogen-bond donors (Lipinski definition) is 1. The Hall–Kier alpha value is -1.59. The first kappa shape index (κ1) is 18.2. The Morgan fingerprint density at radius 3 is 2.92 bits per heavy atom. The maximum atomic E-state index is 10.5. The quantitative estimate of drug-likeness (QED) is 0.737. The van der Waals surface area contributed by atoms with Crippen molar-refractivity contribution in [3.05, 3.63) is 42.4 Å². The van der Waals surface area contributed by atoms with Crippen LogP contribution >= 0.6 is 0 Å². The van der Waals surface area contributed by atoms with E-state index in [2.05, 4.69) is 27.6 Å². The first-order chi connectivity index (χ1) is 12.2. The average molecular weight is 345 g/mol. The van der Waals surface area contributed by atoms with Gasteiger partial charge in [0.05, 0.1) is 6.26 Å². The van der Waals surface area contributed by atoms with Gasteiger partial charge in [-0.3, -0.25) is 0 Å². The highest BCUT2D eigenvalue weighted by molar-refractivity contribution is 5.02. The highest BCUT2D eigenvalue weighted by atomic mass is 16.4. The van der Waals surface area contributed by atoms with E-state index in [9.17, 15) is 5.11 Å². The molecular formula is C20H31N3O2. The maximum absolute atomic E-state index is 10.5. The van der Waals surface area contributed by atoms with E-state index in [0.29, 0.717) is 11.8 Å². The minimum absolute atomic E-state index is 0.456. The molecule has 2 unspecified atom stereocenters. The van der Waals surface area contributed by atoms with Crippen molar-refractivity contribution in [1.29, 1.82) is 0 Å². The minimum Gasteiger partial charge on any atom is -0.467 e. The van der Waals surface area contributed by atoms with Crippen LogP contribution in [0.15, 0.2) is 35.2 Å². The van der Waals surface area contributed by atoms with E-state index in [1.54, 1.807) is 6.26 Å². The van der Waals surface area contributed by atoms with E-state index >= 15 is 0 Å². The predicted octanol–water partition coefficient (Wildman–Crippen LogP) is 3.93. The van der Waals surface area contributed by atoms with Crippen molar-refractivity contribution in [1.82, 2.24) is 14.5 Å². The number of unbranched alkanes of at least 4 members (excludes halogenated alkanes) is 1. The summed E-state index contributed by atoms with van der Waals surface area (Å²) in [5.41, 5.74) is 0. The number of nitrogens with zero attached hydrogens (tertiary/aromatic N) is 3. The Kier molecular flexibility index (Phi) is 6.70. The SMILES string of the molecule is Cc1nccn1CCCCN1CCCCCC1CC(O)c1ccco1. The van der Waals surface area contributed by atoms with E-state index in [1.165, 1.54) is 38.5 Å². The molecule has 0 aliphatic carbocycles. The number of imidazole rings is 1. The normalized spacial score (nSPS) is 20.5. The first-order valence-corrected chi connectivity index (χ1v) is 9.67. The number of aromatic nitrogens is 2.